The quantitative estimate of drug-likeness (QED) is 0.854. The molecule has 0 spiro atoms. The van der Waals surface area contributed by atoms with Gasteiger partial charge in [-0.05, 0) is 19.3 Å². The Balaban J connectivity index is 1.88. The molecular weight excluding hydrogens is 206 g/mol. The first kappa shape index (κ1) is 11.1. The van der Waals surface area contributed by atoms with Gasteiger partial charge in [0.2, 0.25) is 0 Å². The van der Waals surface area contributed by atoms with Crippen molar-refractivity contribution < 1.29 is 5.11 Å². The Morgan fingerprint density at radius 1 is 1.47 bits per heavy atom. The lowest BCUT2D eigenvalue weighted by Crippen LogP contribution is -2.11. The van der Waals surface area contributed by atoms with Crippen molar-refractivity contribution in [1.82, 2.24) is 4.98 Å². The van der Waals surface area contributed by atoms with E-state index in [0.717, 1.165) is 23.0 Å². The maximum absolute atomic E-state index is 10.0. The average Bonchev–Trinajstić information content (AvgIpc) is 2.66. The summed E-state index contributed by atoms with van der Waals surface area (Å²) in [6.45, 7) is 1.99. The molecule has 1 aliphatic rings. The lowest BCUT2D eigenvalue weighted by atomic mass is 9.85. The first-order valence-corrected chi connectivity index (χ1v) is 6.74. The molecule has 2 nitrogen and oxygen atoms in total. The standard InChI is InChI=1S/C12H19NOS/c1-9-13-11(8-15-9)12(14)7-10-5-3-2-4-6-10/h8,10,12,14H,2-7H2,1H3. The molecule has 15 heavy (non-hydrogen) atoms. The predicted molar refractivity (Wildman–Crippen MR) is 63.0 cm³/mol. The van der Waals surface area contributed by atoms with Crippen molar-refractivity contribution in [3.05, 3.63) is 16.1 Å². The zero-order valence-corrected chi connectivity index (χ0v) is 10.1. The predicted octanol–water partition coefficient (Wildman–Crippen LogP) is 3.46. The van der Waals surface area contributed by atoms with E-state index in [1.54, 1.807) is 11.3 Å². The highest BCUT2D eigenvalue weighted by Crippen LogP contribution is 2.31. The second-order valence-corrected chi connectivity index (χ2v) is 5.61. The third-order valence-corrected chi connectivity index (χ3v) is 4.05. The van der Waals surface area contributed by atoms with Gasteiger partial charge in [0.1, 0.15) is 0 Å². The van der Waals surface area contributed by atoms with Crippen LogP contribution in [0, 0.1) is 12.8 Å². The lowest BCUT2D eigenvalue weighted by Gasteiger charge is -2.23. The summed E-state index contributed by atoms with van der Waals surface area (Å²) < 4.78 is 0. The van der Waals surface area contributed by atoms with Gasteiger partial charge in [-0.1, -0.05) is 32.1 Å². The van der Waals surface area contributed by atoms with Crippen LogP contribution in [0.25, 0.3) is 0 Å². The molecule has 1 heterocycles. The Bertz CT molecular complexity index is 304. The lowest BCUT2D eigenvalue weighted by molar-refractivity contribution is 0.128. The van der Waals surface area contributed by atoms with E-state index in [9.17, 15) is 5.11 Å². The zero-order chi connectivity index (χ0) is 10.7. The largest absolute Gasteiger partial charge is 0.387 e. The summed E-state index contributed by atoms with van der Waals surface area (Å²) in [7, 11) is 0. The number of thiazole rings is 1. The number of aryl methyl sites for hydroxylation is 1. The maximum Gasteiger partial charge on any atom is 0.0971 e. The molecule has 1 N–H and O–H groups in total. The van der Waals surface area contributed by atoms with Crippen LogP contribution in [0.2, 0.25) is 0 Å². The number of nitrogens with zero attached hydrogens (tertiary/aromatic N) is 1. The highest BCUT2D eigenvalue weighted by Gasteiger charge is 2.19. The topological polar surface area (TPSA) is 33.1 Å². The SMILES string of the molecule is Cc1nc(C(O)CC2CCCCC2)cs1. The molecule has 1 aliphatic carbocycles. The summed E-state index contributed by atoms with van der Waals surface area (Å²) in [5, 5.41) is 13.1. The van der Waals surface area contributed by atoms with Crippen LogP contribution in [0.15, 0.2) is 5.38 Å². The first-order chi connectivity index (χ1) is 7.25. The van der Waals surface area contributed by atoms with Crippen molar-refractivity contribution in [3.8, 4) is 0 Å². The number of aliphatic hydroxyl groups excluding tert-OH is 1. The fraction of sp³-hybridized carbons (Fsp3) is 0.750. The number of aliphatic hydroxyl groups is 1. The summed E-state index contributed by atoms with van der Waals surface area (Å²) in [5.41, 5.74) is 0.878. The normalized spacial score (nSPS) is 20.4. The van der Waals surface area contributed by atoms with Gasteiger partial charge in [-0.15, -0.1) is 11.3 Å². The molecule has 1 aromatic rings. The molecule has 1 atom stereocenters. The van der Waals surface area contributed by atoms with Crippen molar-refractivity contribution in [3.63, 3.8) is 0 Å². The van der Waals surface area contributed by atoms with Crippen molar-refractivity contribution in [2.45, 2.75) is 51.6 Å². The van der Waals surface area contributed by atoms with Crippen LogP contribution in [0.3, 0.4) is 0 Å². The van der Waals surface area contributed by atoms with E-state index >= 15 is 0 Å². The highest BCUT2D eigenvalue weighted by molar-refractivity contribution is 7.09. The van der Waals surface area contributed by atoms with E-state index in [1.165, 1.54) is 32.1 Å². The van der Waals surface area contributed by atoms with E-state index < -0.39 is 0 Å². The van der Waals surface area contributed by atoms with Crippen LogP contribution in [-0.4, -0.2) is 10.1 Å². The molecule has 0 saturated heterocycles. The number of hydrogen-bond acceptors (Lipinski definition) is 3. The summed E-state index contributed by atoms with van der Waals surface area (Å²) in [6.07, 6.45) is 7.21. The first-order valence-electron chi connectivity index (χ1n) is 5.86. The molecule has 2 rings (SSSR count). The van der Waals surface area contributed by atoms with Crippen molar-refractivity contribution in [2.24, 2.45) is 5.92 Å². The van der Waals surface area contributed by atoms with Crippen LogP contribution < -0.4 is 0 Å². The maximum atomic E-state index is 10.0. The van der Waals surface area contributed by atoms with Gasteiger partial charge >= 0.3 is 0 Å². The number of aromatic nitrogens is 1. The second kappa shape index (κ2) is 5.08. The summed E-state index contributed by atoms with van der Waals surface area (Å²) >= 11 is 1.62. The fourth-order valence-corrected chi connectivity index (χ4v) is 3.05. The van der Waals surface area contributed by atoms with Crippen molar-refractivity contribution in [2.75, 3.05) is 0 Å². The summed E-state index contributed by atoms with van der Waals surface area (Å²) in [6, 6.07) is 0. The summed E-state index contributed by atoms with van der Waals surface area (Å²) in [4.78, 5) is 4.34. The minimum absolute atomic E-state index is 0.335. The fourth-order valence-electron chi connectivity index (χ4n) is 2.39. The van der Waals surface area contributed by atoms with Crippen molar-refractivity contribution >= 4 is 11.3 Å². The molecule has 1 unspecified atom stereocenters. The van der Waals surface area contributed by atoms with Crippen LogP contribution >= 0.6 is 11.3 Å². The Morgan fingerprint density at radius 3 is 2.80 bits per heavy atom. The highest BCUT2D eigenvalue weighted by atomic mass is 32.1. The minimum Gasteiger partial charge on any atom is -0.387 e. The van der Waals surface area contributed by atoms with E-state index in [1.807, 2.05) is 12.3 Å². The number of rotatable bonds is 3. The van der Waals surface area contributed by atoms with Crippen LogP contribution in [0.4, 0.5) is 0 Å². The van der Waals surface area contributed by atoms with E-state index in [4.69, 9.17) is 0 Å². The molecule has 0 radical (unpaired) electrons. The van der Waals surface area contributed by atoms with Crippen LogP contribution in [0.5, 0.6) is 0 Å². The molecule has 0 amide bonds. The summed E-state index contributed by atoms with van der Waals surface area (Å²) in [5.74, 6) is 0.718. The molecule has 0 aromatic carbocycles. The van der Waals surface area contributed by atoms with Gasteiger partial charge in [0.15, 0.2) is 0 Å². The van der Waals surface area contributed by atoms with Gasteiger partial charge in [0.05, 0.1) is 16.8 Å². The Morgan fingerprint density at radius 2 is 2.20 bits per heavy atom. The van der Waals surface area contributed by atoms with Gasteiger partial charge in [-0.25, -0.2) is 4.98 Å². The average molecular weight is 225 g/mol. The third kappa shape index (κ3) is 3.02. The smallest absolute Gasteiger partial charge is 0.0971 e. The molecule has 0 aliphatic heterocycles. The van der Waals surface area contributed by atoms with Crippen LogP contribution in [0.1, 0.15) is 55.3 Å². The molecule has 3 heteroatoms. The molecule has 1 fully saturated rings. The Labute approximate surface area is 95.4 Å². The van der Waals surface area contributed by atoms with Gasteiger partial charge in [0, 0.05) is 5.38 Å². The Hall–Kier alpha value is -0.410. The second-order valence-electron chi connectivity index (χ2n) is 4.55. The van der Waals surface area contributed by atoms with Crippen LogP contribution in [-0.2, 0) is 0 Å². The van der Waals surface area contributed by atoms with E-state index in [0.29, 0.717) is 0 Å². The van der Waals surface area contributed by atoms with Gasteiger partial charge < -0.3 is 5.11 Å². The van der Waals surface area contributed by atoms with Crippen molar-refractivity contribution in [1.29, 1.82) is 0 Å². The molecule has 1 aromatic heterocycles. The van der Waals surface area contributed by atoms with E-state index in [2.05, 4.69) is 4.98 Å². The van der Waals surface area contributed by atoms with Gasteiger partial charge in [-0.2, -0.15) is 0 Å². The third-order valence-electron chi connectivity index (χ3n) is 3.26. The molecule has 1 saturated carbocycles. The molecular formula is C12H19NOS. The molecule has 84 valence electrons. The monoisotopic (exact) mass is 225 g/mol. The number of hydrogen-bond donors (Lipinski definition) is 1. The van der Waals surface area contributed by atoms with E-state index in [-0.39, 0.29) is 6.10 Å². The van der Waals surface area contributed by atoms with Gasteiger partial charge in [-0.3, -0.25) is 0 Å². The van der Waals surface area contributed by atoms with Gasteiger partial charge in [0.25, 0.3) is 0 Å². The molecule has 0 bridgehead atoms. The zero-order valence-electron chi connectivity index (χ0n) is 9.28. The minimum atomic E-state index is -0.335. The Kier molecular flexibility index (Phi) is 3.76.